The number of aromatic nitrogens is 3. The summed E-state index contributed by atoms with van der Waals surface area (Å²) in [4.78, 5) is 22.9. The van der Waals surface area contributed by atoms with Gasteiger partial charge in [-0.05, 0) is 75.0 Å². The molecule has 9 nitrogen and oxygen atoms in total. The van der Waals surface area contributed by atoms with Gasteiger partial charge in [-0.2, -0.15) is 4.39 Å². The molecule has 0 fully saturated rings. The van der Waals surface area contributed by atoms with Gasteiger partial charge in [0, 0.05) is 65.5 Å². The standard InChI is InChI=1S/C33H32FN5O4S/c1-21-8-10-27(11-9-21)44(41,42)39-20-29(23-12-13-35-30(34)17-23)32-22(2)28(19-36-33(32)39)24-15-25(18-26(16-24)43-5)37-31(40)7-6-14-38(3)4/h6-13,15-20H,14H2,1-5H3,(H,37,40)/b7-6+. The van der Waals surface area contributed by atoms with Crippen molar-refractivity contribution in [3.8, 4) is 28.0 Å². The summed E-state index contributed by atoms with van der Waals surface area (Å²) in [5, 5.41) is 3.40. The Morgan fingerprint density at radius 3 is 2.45 bits per heavy atom. The van der Waals surface area contributed by atoms with Gasteiger partial charge < -0.3 is 15.0 Å². The minimum atomic E-state index is -4.05. The molecule has 0 saturated carbocycles. The summed E-state index contributed by atoms with van der Waals surface area (Å²) in [6.45, 7) is 4.34. The number of hydrogen-bond acceptors (Lipinski definition) is 7. The molecule has 11 heteroatoms. The van der Waals surface area contributed by atoms with Gasteiger partial charge >= 0.3 is 0 Å². The Balaban J connectivity index is 1.68. The van der Waals surface area contributed by atoms with E-state index in [1.165, 1.54) is 31.6 Å². The maximum absolute atomic E-state index is 14.3. The van der Waals surface area contributed by atoms with E-state index >= 15 is 0 Å². The first kappa shape index (κ1) is 30.6. The lowest BCUT2D eigenvalue weighted by Gasteiger charge is -2.13. The van der Waals surface area contributed by atoms with E-state index in [-0.39, 0.29) is 16.4 Å². The van der Waals surface area contributed by atoms with E-state index in [1.54, 1.807) is 60.8 Å². The third kappa shape index (κ3) is 6.24. The van der Waals surface area contributed by atoms with Crippen LogP contribution in [0.25, 0.3) is 33.3 Å². The zero-order valence-corrected chi connectivity index (χ0v) is 25.8. The fourth-order valence-corrected chi connectivity index (χ4v) is 6.23. The maximum atomic E-state index is 14.3. The van der Waals surface area contributed by atoms with Crippen molar-refractivity contribution in [2.45, 2.75) is 18.7 Å². The van der Waals surface area contributed by atoms with E-state index in [9.17, 15) is 17.6 Å². The summed E-state index contributed by atoms with van der Waals surface area (Å²) in [6, 6.07) is 14.7. The predicted molar refractivity (Wildman–Crippen MR) is 170 cm³/mol. The van der Waals surface area contributed by atoms with Crippen molar-refractivity contribution in [2.24, 2.45) is 0 Å². The predicted octanol–water partition coefficient (Wildman–Crippen LogP) is 5.82. The molecule has 226 valence electrons. The molecule has 0 aliphatic carbocycles. The molecule has 0 aliphatic heterocycles. The zero-order valence-electron chi connectivity index (χ0n) is 25.0. The molecule has 0 aliphatic rings. The summed E-state index contributed by atoms with van der Waals surface area (Å²) >= 11 is 0. The van der Waals surface area contributed by atoms with Crippen molar-refractivity contribution in [3.05, 3.63) is 102 Å². The lowest BCUT2D eigenvalue weighted by atomic mass is 9.96. The van der Waals surface area contributed by atoms with Gasteiger partial charge in [-0.15, -0.1) is 0 Å². The number of methoxy groups -OCH3 is 1. The lowest BCUT2D eigenvalue weighted by Crippen LogP contribution is -2.13. The Morgan fingerprint density at radius 2 is 1.77 bits per heavy atom. The molecule has 3 aromatic heterocycles. The molecule has 0 saturated heterocycles. The molecule has 1 N–H and O–H groups in total. The Kier molecular flexibility index (Phi) is 8.61. The largest absolute Gasteiger partial charge is 0.497 e. The van der Waals surface area contributed by atoms with Crippen molar-refractivity contribution in [2.75, 3.05) is 33.1 Å². The summed E-state index contributed by atoms with van der Waals surface area (Å²) in [5.41, 5.74) is 4.62. The molecule has 2 aromatic carbocycles. The van der Waals surface area contributed by atoms with Crippen molar-refractivity contribution < 1.29 is 22.3 Å². The number of hydrogen-bond donors (Lipinski definition) is 1. The van der Waals surface area contributed by atoms with Crippen LogP contribution in [0.3, 0.4) is 0 Å². The first-order chi connectivity index (χ1) is 21.0. The molecule has 1 amide bonds. The van der Waals surface area contributed by atoms with Crippen LogP contribution in [0, 0.1) is 19.8 Å². The minimum absolute atomic E-state index is 0.101. The normalized spacial score (nSPS) is 11.9. The monoisotopic (exact) mass is 613 g/mol. The number of anilines is 1. The number of aryl methyl sites for hydroxylation is 2. The number of nitrogens with one attached hydrogen (secondary N) is 1. The highest BCUT2D eigenvalue weighted by Crippen LogP contribution is 2.39. The summed E-state index contributed by atoms with van der Waals surface area (Å²) < 4.78 is 48.6. The minimum Gasteiger partial charge on any atom is -0.497 e. The third-order valence-electron chi connectivity index (χ3n) is 7.12. The van der Waals surface area contributed by atoms with Gasteiger partial charge in [0.2, 0.25) is 11.9 Å². The number of rotatable bonds is 9. The van der Waals surface area contributed by atoms with Crippen LogP contribution in [-0.2, 0) is 14.8 Å². The summed E-state index contributed by atoms with van der Waals surface area (Å²) in [5.74, 6) is -0.485. The van der Waals surface area contributed by atoms with Crippen LogP contribution in [0.1, 0.15) is 11.1 Å². The van der Waals surface area contributed by atoms with E-state index in [1.807, 2.05) is 32.8 Å². The van der Waals surface area contributed by atoms with Crippen LogP contribution in [0.2, 0.25) is 0 Å². The second-order valence-corrected chi connectivity index (χ2v) is 12.4. The number of benzene rings is 2. The Morgan fingerprint density at radius 1 is 1.02 bits per heavy atom. The van der Waals surface area contributed by atoms with Gasteiger partial charge in [-0.25, -0.2) is 22.4 Å². The van der Waals surface area contributed by atoms with E-state index < -0.39 is 16.0 Å². The molecule has 3 heterocycles. The van der Waals surface area contributed by atoms with Crippen LogP contribution in [0.15, 0.2) is 90.2 Å². The highest BCUT2D eigenvalue weighted by molar-refractivity contribution is 7.90. The second-order valence-electron chi connectivity index (χ2n) is 10.6. The molecule has 5 aromatic rings. The van der Waals surface area contributed by atoms with Crippen molar-refractivity contribution in [1.82, 2.24) is 18.8 Å². The molecule has 0 spiro atoms. The van der Waals surface area contributed by atoms with Crippen molar-refractivity contribution >= 4 is 32.7 Å². The van der Waals surface area contributed by atoms with Gasteiger partial charge in [-0.1, -0.05) is 23.8 Å². The smallest absolute Gasteiger partial charge is 0.269 e. The summed E-state index contributed by atoms with van der Waals surface area (Å²) in [7, 11) is 1.30. The Hall–Kier alpha value is -4.87. The SMILES string of the molecule is COc1cc(NC(=O)/C=C/CN(C)C)cc(-c2cnc3c(c(-c4ccnc(F)c4)cn3S(=O)(=O)c3ccc(C)cc3)c2C)c1. The zero-order chi connectivity index (χ0) is 31.6. The maximum Gasteiger partial charge on any atom is 0.269 e. The van der Waals surface area contributed by atoms with Crippen LogP contribution in [0.5, 0.6) is 5.75 Å². The number of amides is 1. The molecule has 0 atom stereocenters. The average molecular weight is 614 g/mol. The van der Waals surface area contributed by atoms with Gasteiger partial charge in [0.1, 0.15) is 5.75 Å². The number of nitrogens with zero attached hydrogens (tertiary/aromatic N) is 4. The summed E-state index contributed by atoms with van der Waals surface area (Å²) in [6.07, 6.45) is 7.62. The molecule has 5 rings (SSSR count). The van der Waals surface area contributed by atoms with Crippen molar-refractivity contribution in [1.29, 1.82) is 0 Å². The number of fused-ring (bicyclic) bond motifs is 1. The molecule has 0 radical (unpaired) electrons. The Labute approximate surface area is 255 Å². The second kappa shape index (κ2) is 12.4. The fraction of sp³-hybridized carbons (Fsp3) is 0.182. The number of carbonyl (C=O) groups is 1. The first-order valence-electron chi connectivity index (χ1n) is 13.7. The van der Waals surface area contributed by atoms with Crippen LogP contribution in [-0.4, -0.2) is 60.9 Å². The van der Waals surface area contributed by atoms with Crippen LogP contribution in [0.4, 0.5) is 10.1 Å². The number of ether oxygens (including phenoxy) is 1. The highest BCUT2D eigenvalue weighted by Gasteiger charge is 2.25. The van der Waals surface area contributed by atoms with Gasteiger partial charge in [0.15, 0.2) is 5.65 Å². The lowest BCUT2D eigenvalue weighted by molar-refractivity contribution is -0.111. The fourth-order valence-electron chi connectivity index (χ4n) is 4.91. The quantitative estimate of drug-likeness (QED) is 0.165. The number of likely N-dealkylation sites (N-methyl/N-ethyl adjacent to an activating group) is 1. The molecular formula is C33H32FN5O4S. The van der Waals surface area contributed by atoms with Crippen LogP contribution >= 0.6 is 0 Å². The molecule has 0 bridgehead atoms. The van der Waals surface area contributed by atoms with Crippen molar-refractivity contribution in [3.63, 3.8) is 0 Å². The van der Waals surface area contributed by atoms with E-state index in [2.05, 4.69) is 15.3 Å². The van der Waals surface area contributed by atoms with Crippen LogP contribution < -0.4 is 10.1 Å². The van der Waals surface area contributed by atoms with Gasteiger partial charge in [0.25, 0.3) is 10.0 Å². The highest BCUT2D eigenvalue weighted by atomic mass is 32.2. The topological polar surface area (TPSA) is 106 Å². The number of halogens is 1. The molecular weight excluding hydrogens is 581 g/mol. The molecule has 0 unspecified atom stereocenters. The average Bonchev–Trinajstić information content (AvgIpc) is 3.39. The number of pyridine rings is 2. The van der Waals surface area contributed by atoms with E-state index in [4.69, 9.17) is 4.74 Å². The first-order valence-corrected chi connectivity index (χ1v) is 15.2. The van der Waals surface area contributed by atoms with E-state index in [0.29, 0.717) is 51.2 Å². The number of carbonyl (C=O) groups excluding carboxylic acids is 1. The van der Waals surface area contributed by atoms with E-state index in [0.717, 1.165) is 9.54 Å². The van der Waals surface area contributed by atoms with Gasteiger partial charge in [-0.3, -0.25) is 4.79 Å². The van der Waals surface area contributed by atoms with Gasteiger partial charge in [0.05, 0.1) is 12.0 Å². The Bertz CT molecular complexity index is 2000. The molecule has 44 heavy (non-hydrogen) atoms. The third-order valence-corrected chi connectivity index (χ3v) is 8.78.